The van der Waals surface area contributed by atoms with Gasteiger partial charge in [0.15, 0.2) is 0 Å². The first kappa shape index (κ1) is 14.0. The molecule has 0 unspecified atom stereocenters. The minimum atomic E-state index is 0.246. The molecule has 1 aliphatic carbocycles. The molecule has 0 N–H and O–H groups in total. The molecule has 1 fully saturated rings. The van der Waals surface area contributed by atoms with Crippen LogP contribution in [0.25, 0.3) is 0 Å². The molecular weight excluding hydrogens is 262 g/mol. The quantitative estimate of drug-likeness (QED) is 0.818. The molecule has 0 aliphatic heterocycles. The first-order valence-electron chi connectivity index (χ1n) is 7.76. The second-order valence-electron chi connectivity index (χ2n) is 5.80. The molecule has 1 saturated carbocycles. The van der Waals surface area contributed by atoms with E-state index >= 15 is 0 Å². The third kappa shape index (κ3) is 3.78. The standard InChI is InChI=1S/C17H21N3O/c21-17(8-7-14-4-3-10-18-13-14)12-15-9-11-20(19-15)16-5-1-2-6-16/h3-4,9-11,13,16H,1-2,5-8,12H2. The van der Waals surface area contributed by atoms with Gasteiger partial charge in [0.1, 0.15) is 5.78 Å². The summed E-state index contributed by atoms with van der Waals surface area (Å²) in [5.41, 5.74) is 2.01. The molecule has 21 heavy (non-hydrogen) atoms. The smallest absolute Gasteiger partial charge is 0.139 e. The van der Waals surface area contributed by atoms with Crippen molar-refractivity contribution in [3.8, 4) is 0 Å². The maximum Gasteiger partial charge on any atom is 0.139 e. The zero-order valence-corrected chi connectivity index (χ0v) is 12.2. The van der Waals surface area contributed by atoms with E-state index in [2.05, 4.69) is 14.8 Å². The van der Waals surface area contributed by atoms with E-state index in [-0.39, 0.29) is 5.78 Å². The minimum absolute atomic E-state index is 0.246. The van der Waals surface area contributed by atoms with Crippen molar-refractivity contribution < 1.29 is 4.79 Å². The van der Waals surface area contributed by atoms with Gasteiger partial charge in [-0.2, -0.15) is 5.10 Å². The summed E-state index contributed by atoms with van der Waals surface area (Å²) in [6, 6.07) is 6.45. The van der Waals surface area contributed by atoms with Gasteiger partial charge in [0.2, 0.25) is 0 Å². The lowest BCUT2D eigenvalue weighted by atomic mass is 10.1. The summed E-state index contributed by atoms with van der Waals surface area (Å²) >= 11 is 0. The molecule has 3 rings (SSSR count). The molecule has 2 aromatic rings. The van der Waals surface area contributed by atoms with E-state index in [0.29, 0.717) is 18.9 Å². The van der Waals surface area contributed by atoms with E-state index in [1.54, 1.807) is 6.20 Å². The van der Waals surface area contributed by atoms with Crippen LogP contribution in [0.15, 0.2) is 36.8 Å². The Bertz CT molecular complexity index is 585. The van der Waals surface area contributed by atoms with Gasteiger partial charge in [-0.1, -0.05) is 18.9 Å². The predicted molar refractivity (Wildman–Crippen MR) is 81.0 cm³/mol. The topological polar surface area (TPSA) is 47.8 Å². The maximum atomic E-state index is 12.0. The van der Waals surface area contributed by atoms with Gasteiger partial charge >= 0.3 is 0 Å². The summed E-state index contributed by atoms with van der Waals surface area (Å²) in [4.78, 5) is 16.1. The Morgan fingerprint density at radius 3 is 2.90 bits per heavy atom. The second kappa shape index (κ2) is 6.66. The molecule has 2 aromatic heterocycles. The molecule has 4 nitrogen and oxygen atoms in total. The summed E-state index contributed by atoms with van der Waals surface area (Å²) in [6.07, 6.45) is 12.4. The number of pyridine rings is 1. The number of rotatable bonds is 6. The molecular formula is C17H21N3O. The number of carbonyl (C=O) groups excluding carboxylic acids is 1. The van der Waals surface area contributed by atoms with Crippen LogP contribution >= 0.6 is 0 Å². The SMILES string of the molecule is O=C(CCc1cccnc1)Cc1ccn(C2CCCC2)n1. The van der Waals surface area contributed by atoms with Gasteiger partial charge in [-0.15, -0.1) is 0 Å². The zero-order valence-electron chi connectivity index (χ0n) is 12.2. The van der Waals surface area contributed by atoms with Gasteiger partial charge in [-0.25, -0.2) is 0 Å². The maximum absolute atomic E-state index is 12.0. The lowest BCUT2D eigenvalue weighted by molar-refractivity contribution is -0.118. The fourth-order valence-corrected chi connectivity index (χ4v) is 2.96. The first-order valence-corrected chi connectivity index (χ1v) is 7.76. The van der Waals surface area contributed by atoms with Gasteiger partial charge in [0.25, 0.3) is 0 Å². The lowest BCUT2D eigenvalue weighted by Gasteiger charge is -2.08. The minimum Gasteiger partial charge on any atom is -0.299 e. The van der Waals surface area contributed by atoms with Crippen molar-refractivity contribution in [2.75, 3.05) is 0 Å². The number of hydrogen-bond donors (Lipinski definition) is 0. The number of hydrogen-bond acceptors (Lipinski definition) is 3. The second-order valence-corrected chi connectivity index (χ2v) is 5.80. The first-order chi connectivity index (χ1) is 10.3. The molecule has 2 heterocycles. The largest absolute Gasteiger partial charge is 0.299 e. The highest BCUT2D eigenvalue weighted by Gasteiger charge is 2.18. The molecule has 0 spiro atoms. The van der Waals surface area contributed by atoms with Crippen LogP contribution < -0.4 is 0 Å². The Labute approximate surface area is 125 Å². The summed E-state index contributed by atoms with van der Waals surface area (Å²) in [5, 5.41) is 4.57. The Morgan fingerprint density at radius 2 is 2.14 bits per heavy atom. The van der Waals surface area contributed by atoms with Crippen molar-refractivity contribution in [3.05, 3.63) is 48.0 Å². The Morgan fingerprint density at radius 1 is 1.29 bits per heavy atom. The van der Waals surface area contributed by atoms with Crippen LogP contribution in [0.4, 0.5) is 0 Å². The summed E-state index contributed by atoms with van der Waals surface area (Å²) < 4.78 is 2.05. The zero-order chi connectivity index (χ0) is 14.5. The van der Waals surface area contributed by atoms with E-state index in [4.69, 9.17) is 0 Å². The Hall–Kier alpha value is -1.97. The number of carbonyl (C=O) groups is 1. The fraction of sp³-hybridized carbons (Fsp3) is 0.471. The average molecular weight is 283 g/mol. The van der Waals surface area contributed by atoms with Crippen LogP contribution in [-0.4, -0.2) is 20.5 Å². The van der Waals surface area contributed by atoms with Gasteiger partial charge in [0.05, 0.1) is 18.2 Å². The number of aryl methyl sites for hydroxylation is 1. The van der Waals surface area contributed by atoms with E-state index in [9.17, 15) is 4.79 Å². The van der Waals surface area contributed by atoms with Gasteiger partial charge in [-0.05, 0) is 37.0 Å². The van der Waals surface area contributed by atoms with E-state index in [1.165, 1.54) is 25.7 Å². The highest BCUT2D eigenvalue weighted by Crippen LogP contribution is 2.28. The summed E-state index contributed by atoms with van der Waals surface area (Å²) in [5.74, 6) is 0.246. The van der Waals surface area contributed by atoms with Crippen LogP contribution in [-0.2, 0) is 17.6 Å². The van der Waals surface area contributed by atoms with Crippen LogP contribution in [0.5, 0.6) is 0 Å². The summed E-state index contributed by atoms with van der Waals surface area (Å²) in [6.45, 7) is 0. The van der Waals surface area contributed by atoms with Crippen LogP contribution in [0.2, 0.25) is 0 Å². The summed E-state index contributed by atoms with van der Waals surface area (Å²) in [7, 11) is 0. The highest BCUT2D eigenvalue weighted by atomic mass is 16.1. The molecule has 1 aliphatic rings. The van der Waals surface area contributed by atoms with Crippen molar-refractivity contribution in [1.29, 1.82) is 0 Å². The molecule has 0 amide bonds. The van der Waals surface area contributed by atoms with Crippen molar-refractivity contribution in [2.24, 2.45) is 0 Å². The molecule has 0 bridgehead atoms. The highest BCUT2D eigenvalue weighted by molar-refractivity contribution is 5.80. The van der Waals surface area contributed by atoms with Crippen LogP contribution in [0, 0.1) is 0 Å². The predicted octanol–water partition coefficient (Wildman–Crippen LogP) is 3.14. The number of Topliss-reactive ketones (excluding diaryl/α,β-unsaturated/α-hetero) is 1. The van der Waals surface area contributed by atoms with E-state index in [0.717, 1.165) is 17.7 Å². The molecule has 0 aromatic carbocycles. The molecule has 4 heteroatoms. The number of aromatic nitrogens is 3. The van der Waals surface area contributed by atoms with Gasteiger partial charge in [-0.3, -0.25) is 14.5 Å². The van der Waals surface area contributed by atoms with Gasteiger partial charge < -0.3 is 0 Å². The fourth-order valence-electron chi connectivity index (χ4n) is 2.96. The van der Waals surface area contributed by atoms with Crippen molar-refractivity contribution in [2.45, 2.75) is 51.0 Å². The van der Waals surface area contributed by atoms with Crippen LogP contribution in [0.1, 0.15) is 49.4 Å². The van der Waals surface area contributed by atoms with Crippen molar-refractivity contribution in [3.63, 3.8) is 0 Å². The number of ketones is 1. The monoisotopic (exact) mass is 283 g/mol. The third-order valence-corrected chi connectivity index (χ3v) is 4.16. The Balaban J connectivity index is 1.50. The number of nitrogens with zero attached hydrogens (tertiary/aromatic N) is 3. The lowest BCUT2D eigenvalue weighted by Crippen LogP contribution is -2.08. The van der Waals surface area contributed by atoms with Gasteiger partial charge in [0, 0.05) is 25.0 Å². The van der Waals surface area contributed by atoms with E-state index < -0.39 is 0 Å². The third-order valence-electron chi connectivity index (χ3n) is 4.16. The normalized spacial score (nSPS) is 15.4. The Kier molecular flexibility index (Phi) is 4.43. The van der Waals surface area contributed by atoms with Crippen molar-refractivity contribution >= 4 is 5.78 Å². The van der Waals surface area contributed by atoms with Crippen LogP contribution in [0.3, 0.4) is 0 Å². The molecule has 0 saturated heterocycles. The molecule has 0 atom stereocenters. The average Bonchev–Trinajstić information content (AvgIpc) is 3.17. The molecule has 0 radical (unpaired) electrons. The molecule has 110 valence electrons. The van der Waals surface area contributed by atoms with Crippen molar-refractivity contribution in [1.82, 2.24) is 14.8 Å². The van der Waals surface area contributed by atoms with E-state index in [1.807, 2.05) is 30.6 Å².